The Hall–Kier alpha value is -2.85. The highest BCUT2D eigenvalue weighted by molar-refractivity contribution is 6.33. The van der Waals surface area contributed by atoms with Gasteiger partial charge in [0.2, 0.25) is 11.8 Å². The maximum Gasteiger partial charge on any atom is 0.230 e. The summed E-state index contributed by atoms with van der Waals surface area (Å²) in [5.74, 6) is 0.832. The summed E-state index contributed by atoms with van der Waals surface area (Å²) >= 11 is 6.69. The van der Waals surface area contributed by atoms with Crippen molar-refractivity contribution in [1.29, 1.82) is 0 Å². The Labute approximate surface area is 219 Å². The molecular formula is C31H35ClN2O2. The van der Waals surface area contributed by atoms with Crippen molar-refractivity contribution in [2.24, 2.45) is 5.41 Å². The van der Waals surface area contributed by atoms with Crippen LogP contribution in [0.25, 0.3) is 22.4 Å². The van der Waals surface area contributed by atoms with Gasteiger partial charge in [-0.3, -0.25) is 4.79 Å². The van der Waals surface area contributed by atoms with Gasteiger partial charge in [-0.05, 0) is 51.3 Å². The summed E-state index contributed by atoms with van der Waals surface area (Å²) < 4.78 is 6.77. The number of aryl methyl sites for hydroxylation is 1. The predicted molar refractivity (Wildman–Crippen MR) is 146 cm³/mol. The summed E-state index contributed by atoms with van der Waals surface area (Å²) in [6.45, 7) is 11.3. The van der Waals surface area contributed by atoms with Crippen molar-refractivity contribution in [3.8, 4) is 28.3 Å². The standard InChI is InChI=1S/C31H35ClN2O2/c1-6-16-31(7-2)18-26(34-19-30(4,5)29(34)35)24-17-23(21-14-12-20(3)13-15-21)27(33-28(24)36-31)22-10-8-9-11-25(22)32/h8-15,17,26H,6-7,16,18-19H2,1-5H3. The fourth-order valence-corrected chi connectivity index (χ4v) is 5.97. The van der Waals surface area contributed by atoms with Crippen molar-refractivity contribution < 1.29 is 9.53 Å². The van der Waals surface area contributed by atoms with Crippen LogP contribution in [0.1, 0.15) is 70.5 Å². The molecule has 5 rings (SSSR count). The van der Waals surface area contributed by atoms with Gasteiger partial charge in [-0.15, -0.1) is 0 Å². The van der Waals surface area contributed by atoms with Gasteiger partial charge in [0, 0.05) is 34.7 Å². The van der Waals surface area contributed by atoms with E-state index in [1.807, 2.05) is 43.0 Å². The fourth-order valence-electron chi connectivity index (χ4n) is 5.75. The van der Waals surface area contributed by atoms with Crippen LogP contribution >= 0.6 is 11.6 Å². The predicted octanol–water partition coefficient (Wildman–Crippen LogP) is 8.02. The lowest BCUT2D eigenvalue weighted by atomic mass is 9.76. The molecule has 1 saturated heterocycles. The van der Waals surface area contributed by atoms with Gasteiger partial charge >= 0.3 is 0 Å². The highest BCUT2D eigenvalue weighted by Crippen LogP contribution is 2.51. The molecule has 0 bridgehead atoms. The molecule has 5 heteroatoms. The number of fused-ring (bicyclic) bond motifs is 1. The Bertz CT molecular complexity index is 1300. The van der Waals surface area contributed by atoms with Crippen LogP contribution in [-0.2, 0) is 4.79 Å². The second kappa shape index (κ2) is 9.23. The molecule has 188 valence electrons. The number of rotatable bonds is 6. The number of ether oxygens (including phenoxy) is 1. The topological polar surface area (TPSA) is 42.4 Å². The van der Waals surface area contributed by atoms with Gasteiger partial charge in [0.05, 0.1) is 17.2 Å². The van der Waals surface area contributed by atoms with E-state index >= 15 is 0 Å². The normalized spacial score (nSPS) is 22.6. The molecule has 2 aliphatic rings. The lowest BCUT2D eigenvalue weighted by Crippen LogP contribution is -2.61. The Balaban J connectivity index is 1.73. The van der Waals surface area contributed by atoms with Gasteiger partial charge in [0.15, 0.2) is 0 Å². The average molecular weight is 503 g/mol. The third-order valence-corrected chi connectivity index (χ3v) is 8.21. The van der Waals surface area contributed by atoms with E-state index in [4.69, 9.17) is 21.3 Å². The van der Waals surface area contributed by atoms with Crippen LogP contribution in [0.3, 0.4) is 0 Å². The van der Waals surface area contributed by atoms with Crippen molar-refractivity contribution >= 4 is 17.5 Å². The van der Waals surface area contributed by atoms with Gasteiger partial charge < -0.3 is 9.64 Å². The number of aromatic nitrogens is 1. The van der Waals surface area contributed by atoms with Crippen molar-refractivity contribution in [2.45, 2.75) is 71.9 Å². The molecule has 0 saturated carbocycles. The van der Waals surface area contributed by atoms with Crippen molar-refractivity contribution in [2.75, 3.05) is 6.54 Å². The third-order valence-electron chi connectivity index (χ3n) is 7.88. The number of halogens is 1. The zero-order valence-corrected chi connectivity index (χ0v) is 22.7. The van der Waals surface area contributed by atoms with Gasteiger partial charge in [-0.1, -0.05) is 79.9 Å². The maximum absolute atomic E-state index is 13.2. The maximum atomic E-state index is 13.2. The number of nitrogens with zero attached hydrogens (tertiary/aromatic N) is 2. The van der Waals surface area contributed by atoms with Crippen LogP contribution in [-0.4, -0.2) is 27.9 Å². The first kappa shape index (κ1) is 24.8. The number of likely N-dealkylation sites (tertiary alicyclic amines) is 1. The van der Waals surface area contributed by atoms with E-state index in [2.05, 4.69) is 51.1 Å². The minimum absolute atomic E-state index is 0.0576. The molecule has 0 N–H and O–H groups in total. The molecule has 2 unspecified atom stereocenters. The number of pyridine rings is 1. The SMILES string of the molecule is CCCC1(CC)CC(N2CC(C)(C)C2=O)c2cc(-c3ccc(C)cc3)c(-c3ccccc3Cl)nc2O1. The number of β-lactam (4-membered cyclic amide) rings is 1. The highest BCUT2D eigenvalue weighted by Gasteiger charge is 2.52. The summed E-state index contributed by atoms with van der Waals surface area (Å²) in [6.07, 6.45) is 3.58. The van der Waals surface area contributed by atoms with E-state index in [1.54, 1.807) is 0 Å². The van der Waals surface area contributed by atoms with E-state index in [-0.39, 0.29) is 23.0 Å². The van der Waals surface area contributed by atoms with Crippen LogP contribution in [0.4, 0.5) is 0 Å². The van der Waals surface area contributed by atoms with Gasteiger partial charge in [-0.2, -0.15) is 0 Å². The summed E-state index contributed by atoms with van der Waals surface area (Å²) in [6, 6.07) is 18.4. The van der Waals surface area contributed by atoms with Gasteiger partial charge in [0.1, 0.15) is 5.60 Å². The monoisotopic (exact) mass is 502 g/mol. The van der Waals surface area contributed by atoms with Crippen LogP contribution in [0, 0.1) is 12.3 Å². The van der Waals surface area contributed by atoms with Crippen LogP contribution in [0.2, 0.25) is 5.02 Å². The van der Waals surface area contributed by atoms with E-state index in [0.29, 0.717) is 10.9 Å². The Morgan fingerprint density at radius 2 is 1.81 bits per heavy atom. The van der Waals surface area contributed by atoms with Crippen molar-refractivity contribution in [1.82, 2.24) is 9.88 Å². The average Bonchev–Trinajstić information content (AvgIpc) is 2.87. The Morgan fingerprint density at radius 1 is 1.08 bits per heavy atom. The number of carbonyl (C=O) groups excluding carboxylic acids is 1. The minimum Gasteiger partial charge on any atom is -0.471 e. The molecule has 36 heavy (non-hydrogen) atoms. The smallest absolute Gasteiger partial charge is 0.230 e. The first-order valence-corrected chi connectivity index (χ1v) is 13.4. The van der Waals surface area contributed by atoms with E-state index in [9.17, 15) is 4.79 Å². The first-order chi connectivity index (χ1) is 17.2. The molecule has 4 nitrogen and oxygen atoms in total. The molecule has 2 aliphatic heterocycles. The lowest BCUT2D eigenvalue weighted by molar-refractivity contribution is -0.164. The van der Waals surface area contributed by atoms with Gasteiger partial charge in [0.25, 0.3) is 0 Å². The van der Waals surface area contributed by atoms with E-state index in [1.165, 1.54) is 5.56 Å². The van der Waals surface area contributed by atoms with E-state index < -0.39 is 0 Å². The molecule has 2 atom stereocenters. The third kappa shape index (κ3) is 4.20. The van der Waals surface area contributed by atoms with Crippen molar-refractivity contribution in [3.63, 3.8) is 0 Å². The molecule has 0 aliphatic carbocycles. The molecule has 0 spiro atoms. The second-order valence-electron chi connectivity index (χ2n) is 11.1. The quantitative estimate of drug-likeness (QED) is 0.320. The zero-order valence-electron chi connectivity index (χ0n) is 21.9. The summed E-state index contributed by atoms with van der Waals surface area (Å²) in [5.41, 5.74) is 5.28. The number of carbonyl (C=O) groups is 1. The molecule has 1 aromatic heterocycles. The largest absolute Gasteiger partial charge is 0.471 e. The molecular weight excluding hydrogens is 468 g/mol. The summed E-state index contributed by atoms with van der Waals surface area (Å²) in [4.78, 5) is 20.4. The second-order valence-corrected chi connectivity index (χ2v) is 11.5. The first-order valence-electron chi connectivity index (χ1n) is 13.0. The number of hydrogen-bond donors (Lipinski definition) is 0. The van der Waals surface area contributed by atoms with Gasteiger partial charge in [-0.25, -0.2) is 4.98 Å². The van der Waals surface area contributed by atoms with Crippen LogP contribution in [0.5, 0.6) is 5.88 Å². The van der Waals surface area contributed by atoms with Crippen LogP contribution in [0.15, 0.2) is 54.6 Å². The lowest BCUT2D eigenvalue weighted by Gasteiger charge is -2.53. The molecule has 3 heterocycles. The molecule has 1 fully saturated rings. The Morgan fingerprint density at radius 3 is 2.42 bits per heavy atom. The molecule has 2 aromatic carbocycles. The summed E-state index contributed by atoms with van der Waals surface area (Å²) in [5, 5.41) is 0.653. The van der Waals surface area contributed by atoms with Crippen molar-refractivity contribution in [3.05, 3.63) is 70.7 Å². The van der Waals surface area contributed by atoms with Crippen LogP contribution < -0.4 is 4.74 Å². The zero-order chi connectivity index (χ0) is 25.7. The summed E-state index contributed by atoms with van der Waals surface area (Å²) in [7, 11) is 0. The molecule has 1 amide bonds. The number of amides is 1. The number of benzene rings is 2. The fraction of sp³-hybridized carbons (Fsp3) is 0.419. The minimum atomic E-state index is -0.345. The van der Waals surface area contributed by atoms with E-state index in [0.717, 1.165) is 60.2 Å². The Kier molecular flexibility index (Phi) is 6.36. The number of hydrogen-bond acceptors (Lipinski definition) is 3. The highest BCUT2D eigenvalue weighted by atomic mass is 35.5. The molecule has 3 aromatic rings. The molecule has 0 radical (unpaired) electrons.